The van der Waals surface area contributed by atoms with Gasteiger partial charge in [-0.15, -0.1) is 0 Å². The van der Waals surface area contributed by atoms with Crippen LogP contribution >= 0.6 is 22.6 Å². The van der Waals surface area contributed by atoms with Crippen LogP contribution in [0.15, 0.2) is 67.0 Å². The first-order valence-corrected chi connectivity index (χ1v) is 8.77. The van der Waals surface area contributed by atoms with E-state index in [2.05, 4.69) is 44.7 Å². The van der Waals surface area contributed by atoms with Gasteiger partial charge >= 0.3 is 5.97 Å². The third-order valence-electron chi connectivity index (χ3n) is 3.46. The van der Waals surface area contributed by atoms with Crippen LogP contribution < -0.4 is 9.64 Å². The summed E-state index contributed by atoms with van der Waals surface area (Å²) in [5.74, 6) is 0.840. The minimum atomic E-state index is -0.328. The Morgan fingerprint density at radius 3 is 2.28 bits per heavy atom. The fourth-order valence-electron chi connectivity index (χ4n) is 2.34. The van der Waals surface area contributed by atoms with Crippen molar-refractivity contribution < 1.29 is 9.53 Å². The lowest BCUT2D eigenvalue weighted by molar-refractivity contribution is -0.131. The number of ether oxygens (including phenoxy) is 1. The molecule has 0 amide bonds. The molecule has 126 valence electrons. The van der Waals surface area contributed by atoms with Crippen molar-refractivity contribution in [2.45, 2.75) is 13.5 Å². The van der Waals surface area contributed by atoms with Crippen molar-refractivity contribution in [3.63, 3.8) is 0 Å². The summed E-state index contributed by atoms with van der Waals surface area (Å²) < 4.78 is 6.25. The van der Waals surface area contributed by atoms with Gasteiger partial charge < -0.3 is 9.64 Å². The molecule has 0 aliphatic carbocycles. The van der Waals surface area contributed by atoms with Gasteiger partial charge in [-0.2, -0.15) is 0 Å². The van der Waals surface area contributed by atoms with Crippen molar-refractivity contribution in [3.05, 3.63) is 76.1 Å². The van der Waals surface area contributed by atoms with Crippen molar-refractivity contribution in [2.75, 3.05) is 4.90 Å². The molecule has 0 spiro atoms. The maximum Gasteiger partial charge on any atom is 0.308 e. The third-order valence-corrected chi connectivity index (χ3v) is 4.18. The molecule has 6 heteroatoms. The molecule has 3 aromatic rings. The predicted molar refractivity (Wildman–Crippen MR) is 105 cm³/mol. The second-order valence-electron chi connectivity index (χ2n) is 5.35. The van der Waals surface area contributed by atoms with Gasteiger partial charge in [0.25, 0.3) is 0 Å². The molecule has 0 saturated heterocycles. The van der Waals surface area contributed by atoms with Crippen molar-refractivity contribution in [1.82, 2.24) is 9.97 Å². The minimum absolute atomic E-state index is 0.328. The molecule has 0 radical (unpaired) electrons. The first-order valence-electron chi connectivity index (χ1n) is 7.69. The maximum atomic E-state index is 11.0. The van der Waals surface area contributed by atoms with E-state index in [-0.39, 0.29) is 5.97 Å². The van der Waals surface area contributed by atoms with Crippen LogP contribution in [-0.2, 0) is 11.3 Å². The largest absolute Gasteiger partial charge is 0.427 e. The van der Waals surface area contributed by atoms with Crippen LogP contribution in [0.5, 0.6) is 5.75 Å². The molecule has 0 fully saturated rings. The summed E-state index contributed by atoms with van der Waals surface area (Å²) in [6.07, 6.45) is 3.46. The summed E-state index contributed by atoms with van der Waals surface area (Å²) in [5, 5.41) is 0. The summed E-state index contributed by atoms with van der Waals surface area (Å²) in [7, 11) is 0. The second-order valence-corrected chi connectivity index (χ2v) is 6.59. The number of hydrogen-bond donors (Lipinski definition) is 0. The third kappa shape index (κ3) is 4.76. The highest BCUT2D eigenvalue weighted by atomic mass is 127. The number of halogens is 1. The predicted octanol–water partition coefficient (Wildman–Crippen LogP) is 4.34. The monoisotopic (exact) mass is 445 g/mol. The summed E-state index contributed by atoms with van der Waals surface area (Å²) in [6.45, 7) is 1.99. The van der Waals surface area contributed by atoms with E-state index in [1.165, 1.54) is 10.5 Å². The molecular formula is C19H16IN3O2. The highest BCUT2D eigenvalue weighted by Gasteiger charge is 2.13. The number of aromatic nitrogens is 2. The van der Waals surface area contributed by atoms with E-state index in [4.69, 9.17) is 4.74 Å². The van der Waals surface area contributed by atoms with Crippen LogP contribution in [0, 0.1) is 3.57 Å². The van der Waals surface area contributed by atoms with Gasteiger partial charge in [0.15, 0.2) is 0 Å². The van der Waals surface area contributed by atoms with E-state index in [9.17, 15) is 4.79 Å². The first kappa shape index (κ1) is 17.3. The zero-order valence-corrected chi connectivity index (χ0v) is 15.8. The van der Waals surface area contributed by atoms with Crippen molar-refractivity contribution in [1.29, 1.82) is 0 Å². The topological polar surface area (TPSA) is 55.3 Å². The first-order chi connectivity index (χ1) is 12.1. The molecule has 0 aliphatic rings. The van der Waals surface area contributed by atoms with Gasteiger partial charge in [-0.1, -0.05) is 12.1 Å². The number of esters is 1. The smallest absolute Gasteiger partial charge is 0.308 e. The Labute approximate surface area is 159 Å². The molecule has 0 saturated carbocycles. The molecule has 0 N–H and O–H groups in total. The van der Waals surface area contributed by atoms with Crippen LogP contribution in [0.2, 0.25) is 0 Å². The number of carbonyl (C=O) groups is 1. The number of rotatable bonds is 5. The molecule has 0 aliphatic heterocycles. The normalized spacial score (nSPS) is 10.3. The lowest BCUT2D eigenvalue weighted by Crippen LogP contribution is -2.18. The zero-order chi connectivity index (χ0) is 17.6. The Morgan fingerprint density at radius 1 is 1.04 bits per heavy atom. The molecule has 0 unspecified atom stereocenters. The average molecular weight is 445 g/mol. The maximum absolute atomic E-state index is 11.0. The Hall–Kier alpha value is -2.48. The summed E-state index contributed by atoms with van der Waals surface area (Å²) in [5.41, 5.74) is 2.07. The van der Waals surface area contributed by atoms with Gasteiger partial charge in [0, 0.05) is 28.6 Å². The van der Waals surface area contributed by atoms with Crippen LogP contribution in [0.3, 0.4) is 0 Å². The number of nitrogens with zero attached hydrogens (tertiary/aromatic N) is 3. The van der Waals surface area contributed by atoms with Gasteiger partial charge in [0.2, 0.25) is 5.95 Å². The fourth-order valence-corrected chi connectivity index (χ4v) is 2.70. The van der Waals surface area contributed by atoms with Crippen LogP contribution in [-0.4, -0.2) is 15.9 Å². The second kappa shape index (κ2) is 8.06. The van der Waals surface area contributed by atoms with Gasteiger partial charge in [-0.05, 0) is 70.6 Å². The van der Waals surface area contributed by atoms with E-state index in [1.54, 1.807) is 30.6 Å². The van der Waals surface area contributed by atoms with E-state index in [0.717, 1.165) is 11.3 Å². The number of carbonyl (C=O) groups excluding carboxylic acids is 1. The number of benzene rings is 2. The zero-order valence-electron chi connectivity index (χ0n) is 13.6. The van der Waals surface area contributed by atoms with Gasteiger partial charge in [0.05, 0.1) is 6.54 Å². The summed E-state index contributed by atoms with van der Waals surface area (Å²) in [4.78, 5) is 21.8. The molecule has 0 bridgehead atoms. The SMILES string of the molecule is CC(=O)Oc1ccc(CN(c2ccc(I)cc2)c2ncccn2)cc1. The van der Waals surface area contributed by atoms with E-state index >= 15 is 0 Å². The van der Waals surface area contributed by atoms with Crippen LogP contribution in [0.25, 0.3) is 0 Å². The van der Waals surface area contributed by atoms with Crippen LogP contribution in [0.4, 0.5) is 11.6 Å². The Bertz CT molecular complexity index is 837. The molecule has 2 aromatic carbocycles. The quantitative estimate of drug-likeness (QED) is 0.332. The minimum Gasteiger partial charge on any atom is -0.427 e. The van der Waals surface area contributed by atoms with E-state index in [1.807, 2.05) is 29.2 Å². The summed E-state index contributed by atoms with van der Waals surface area (Å²) in [6, 6.07) is 17.4. The van der Waals surface area contributed by atoms with Gasteiger partial charge in [-0.3, -0.25) is 4.79 Å². The van der Waals surface area contributed by atoms with Gasteiger partial charge in [-0.25, -0.2) is 9.97 Å². The number of anilines is 2. The van der Waals surface area contributed by atoms with Crippen molar-refractivity contribution >= 4 is 40.2 Å². The standard InChI is InChI=1S/C19H16IN3O2/c1-14(24)25-18-9-3-15(4-10-18)13-23(19-21-11-2-12-22-19)17-7-5-16(20)6-8-17/h2-12H,13H2,1H3. The lowest BCUT2D eigenvalue weighted by atomic mass is 10.2. The molecule has 25 heavy (non-hydrogen) atoms. The lowest BCUT2D eigenvalue weighted by Gasteiger charge is -2.23. The molecule has 1 aromatic heterocycles. The summed E-state index contributed by atoms with van der Waals surface area (Å²) >= 11 is 2.28. The van der Waals surface area contributed by atoms with E-state index < -0.39 is 0 Å². The van der Waals surface area contributed by atoms with Crippen molar-refractivity contribution in [3.8, 4) is 5.75 Å². The number of hydrogen-bond acceptors (Lipinski definition) is 5. The molecule has 5 nitrogen and oxygen atoms in total. The van der Waals surface area contributed by atoms with Crippen molar-refractivity contribution in [2.24, 2.45) is 0 Å². The fraction of sp³-hybridized carbons (Fsp3) is 0.105. The molecular weight excluding hydrogens is 429 g/mol. The average Bonchev–Trinajstić information content (AvgIpc) is 2.62. The highest BCUT2D eigenvalue weighted by Crippen LogP contribution is 2.25. The van der Waals surface area contributed by atoms with Crippen LogP contribution in [0.1, 0.15) is 12.5 Å². The highest BCUT2D eigenvalue weighted by molar-refractivity contribution is 14.1. The Balaban J connectivity index is 1.87. The molecule has 0 atom stereocenters. The molecule has 3 rings (SSSR count). The van der Waals surface area contributed by atoms with E-state index in [0.29, 0.717) is 18.2 Å². The molecule has 1 heterocycles. The Kier molecular flexibility index (Phi) is 5.60. The van der Waals surface area contributed by atoms with Gasteiger partial charge in [0.1, 0.15) is 5.75 Å². The Morgan fingerprint density at radius 2 is 1.68 bits per heavy atom.